The molecule has 0 bridgehead atoms. The number of aliphatic hydroxyl groups is 1. The molecule has 5 nitrogen and oxygen atoms in total. The average molecular weight is 239 g/mol. The van der Waals surface area contributed by atoms with Gasteiger partial charge in [-0.3, -0.25) is 0 Å². The smallest absolute Gasteiger partial charge is 0.337 e. The SMILES string of the molecule is COc1cccc(N(C)CC(C)(O)C(=O)O)c1. The fraction of sp³-hybridized carbons (Fsp3) is 0.417. The molecular formula is C12H17NO4. The fourth-order valence-corrected chi connectivity index (χ4v) is 1.47. The van der Waals surface area contributed by atoms with Crippen LogP contribution < -0.4 is 9.64 Å². The van der Waals surface area contributed by atoms with Gasteiger partial charge in [0.2, 0.25) is 0 Å². The second-order valence-corrected chi connectivity index (χ2v) is 4.14. The molecule has 17 heavy (non-hydrogen) atoms. The van der Waals surface area contributed by atoms with Crippen molar-refractivity contribution < 1.29 is 19.7 Å². The van der Waals surface area contributed by atoms with Gasteiger partial charge in [0.25, 0.3) is 0 Å². The first-order valence-corrected chi connectivity index (χ1v) is 5.18. The van der Waals surface area contributed by atoms with Gasteiger partial charge < -0.3 is 19.8 Å². The topological polar surface area (TPSA) is 70.0 Å². The number of rotatable bonds is 5. The molecule has 0 aliphatic rings. The number of carbonyl (C=O) groups is 1. The van der Waals surface area contributed by atoms with Crippen LogP contribution in [0.4, 0.5) is 5.69 Å². The Balaban J connectivity index is 2.82. The van der Waals surface area contributed by atoms with Gasteiger partial charge in [-0.25, -0.2) is 4.79 Å². The molecule has 0 heterocycles. The second-order valence-electron chi connectivity index (χ2n) is 4.14. The highest BCUT2D eigenvalue weighted by molar-refractivity contribution is 5.77. The number of benzene rings is 1. The van der Waals surface area contributed by atoms with Gasteiger partial charge in [-0.2, -0.15) is 0 Å². The van der Waals surface area contributed by atoms with Crippen molar-refractivity contribution in [1.29, 1.82) is 0 Å². The van der Waals surface area contributed by atoms with Crippen molar-refractivity contribution in [2.45, 2.75) is 12.5 Å². The van der Waals surface area contributed by atoms with Crippen LogP contribution in [0.2, 0.25) is 0 Å². The van der Waals surface area contributed by atoms with E-state index >= 15 is 0 Å². The van der Waals surface area contributed by atoms with Crippen molar-refractivity contribution >= 4 is 11.7 Å². The molecule has 94 valence electrons. The molecule has 0 saturated carbocycles. The second kappa shape index (κ2) is 5.05. The molecule has 1 aromatic rings. The largest absolute Gasteiger partial charge is 0.497 e. The molecule has 1 rings (SSSR count). The average Bonchev–Trinajstić information content (AvgIpc) is 2.28. The summed E-state index contributed by atoms with van der Waals surface area (Å²) in [5.41, 5.74) is -0.997. The van der Waals surface area contributed by atoms with E-state index in [1.54, 1.807) is 37.3 Å². The third kappa shape index (κ3) is 3.35. The Hall–Kier alpha value is -1.75. The van der Waals surface area contributed by atoms with Crippen LogP contribution in [0.25, 0.3) is 0 Å². The summed E-state index contributed by atoms with van der Waals surface area (Å²) in [5.74, 6) is -0.559. The molecule has 1 aromatic carbocycles. The first kappa shape index (κ1) is 13.3. The maximum Gasteiger partial charge on any atom is 0.337 e. The van der Waals surface area contributed by atoms with Crippen molar-refractivity contribution in [1.82, 2.24) is 0 Å². The number of anilines is 1. The normalized spacial score (nSPS) is 13.9. The molecule has 0 aromatic heterocycles. The third-order valence-electron chi connectivity index (χ3n) is 2.50. The molecule has 0 radical (unpaired) electrons. The molecule has 2 N–H and O–H groups in total. The first-order valence-electron chi connectivity index (χ1n) is 5.18. The third-order valence-corrected chi connectivity index (χ3v) is 2.50. The first-order chi connectivity index (χ1) is 7.86. The molecule has 5 heteroatoms. The number of methoxy groups -OCH3 is 1. The number of hydrogen-bond acceptors (Lipinski definition) is 4. The summed E-state index contributed by atoms with van der Waals surface area (Å²) in [5, 5.41) is 18.5. The monoisotopic (exact) mass is 239 g/mol. The van der Waals surface area contributed by atoms with Crippen LogP contribution in [0.15, 0.2) is 24.3 Å². The van der Waals surface area contributed by atoms with E-state index in [2.05, 4.69) is 0 Å². The predicted octanol–water partition coefficient (Wildman–Crippen LogP) is 0.967. The number of aliphatic carboxylic acids is 1. The Morgan fingerprint density at radius 3 is 2.71 bits per heavy atom. The fourth-order valence-electron chi connectivity index (χ4n) is 1.47. The number of likely N-dealkylation sites (N-methyl/N-ethyl adjacent to an activating group) is 1. The molecule has 0 saturated heterocycles. The number of hydrogen-bond donors (Lipinski definition) is 2. The minimum Gasteiger partial charge on any atom is -0.497 e. The minimum absolute atomic E-state index is 0.00446. The van der Waals surface area contributed by atoms with Crippen molar-refractivity contribution in [2.75, 3.05) is 25.6 Å². The van der Waals surface area contributed by atoms with Crippen LogP contribution in [0.1, 0.15) is 6.92 Å². The summed E-state index contributed by atoms with van der Waals surface area (Å²) < 4.78 is 5.08. The Morgan fingerprint density at radius 1 is 1.53 bits per heavy atom. The standard InChI is InChI=1S/C12H17NO4/c1-12(16,11(14)15)8-13(2)9-5-4-6-10(7-9)17-3/h4-7,16H,8H2,1-3H3,(H,14,15). The molecular weight excluding hydrogens is 222 g/mol. The van der Waals surface area contributed by atoms with E-state index in [1.807, 2.05) is 6.07 Å². The Labute approximate surface area is 100 Å². The lowest BCUT2D eigenvalue weighted by molar-refractivity contribution is -0.155. The van der Waals surface area contributed by atoms with E-state index in [0.29, 0.717) is 5.75 Å². The Kier molecular flexibility index (Phi) is 3.96. The summed E-state index contributed by atoms with van der Waals surface area (Å²) in [6.07, 6.45) is 0. The van der Waals surface area contributed by atoms with Gasteiger partial charge in [0.1, 0.15) is 5.75 Å². The Morgan fingerprint density at radius 2 is 2.18 bits per heavy atom. The zero-order valence-corrected chi connectivity index (χ0v) is 10.2. The van der Waals surface area contributed by atoms with Gasteiger partial charge >= 0.3 is 5.97 Å². The molecule has 0 amide bonds. The molecule has 0 fully saturated rings. The molecule has 1 atom stereocenters. The Bertz CT molecular complexity index is 403. The maximum absolute atomic E-state index is 10.8. The summed E-state index contributed by atoms with van der Waals surface area (Å²) in [6.45, 7) is 1.27. The van der Waals surface area contributed by atoms with Crippen molar-refractivity contribution in [2.24, 2.45) is 0 Å². The van der Waals surface area contributed by atoms with Crippen molar-refractivity contribution in [3.63, 3.8) is 0 Å². The number of carboxylic acid groups (broad SMARTS) is 1. The quantitative estimate of drug-likeness (QED) is 0.801. The van der Waals surface area contributed by atoms with Crippen LogP contribution in [0, 0.1) is 0 Å². The molecule has 0 aliphatic heterocycles. The van der Waals surface area contributed by atoms with Gasteiger partial charge in [0, 0.05) is 18.8 Å². The van der Waals surface area contributed by atoms with E-state index in [-0.39, 0.29) is 6.54 Å². The summed E-state index contributed by atoms with van der Waals surface area (Å²) >= 11 is 0. The highest BCUT2D eigenvalue weighted by Crippen LogP contribution is 2.21. The van der Waals surface area contributed by atoms with E-state index in [1.165, 1.54) is 6.92 Å². The van der Waals surface area contributed by atoms with Gasteiger partial charge in [-0.1, -0.05) is 6.07 Å². The number of ether oxygens (including phenoxy) is 1. The summed E-state index contributed by atoms with van der Waals surface area (Å²) in [4.78, 5) is 12.5. The van der Waals surface area contributed by atoms with Crippen molar-refractivity contribution in [3.8, 4) is 5.75 Å². The van der Waals surface area contributed by atoms with E-state index < -0.39 is 11.6 Å². The number of nitrogens with zero attached hydrogens (tertiary/aromatic N) is 1. The highest BCUT2D eigenvalue weighted by Gasteiger charge is 2.31. The van der Waals surface area contributed by atoms with Crippen LogP contribution in [0.3, 0.4) is 0 Å². The van der Waals surface area contributed by atoms with E-state index in [0.717, 1.165) is 5.69 Å². The van der Waals surface area contributed by atoms with Gasteiger partial charge in [-0.05, 0) is 19.1 Å². The van der Waals surface area contributed by atoms with Crippen molar-refractivity contribution in [3.05, 3.63) is 24.3 Å². The lowest BCUT2D eigenvalue weighted by atomic mass is 10.1. The van der Waals surface area contributed by atoms with Crippen LogP contribution >= 0.6 is 0 Å². The molecule has 0 aliphatic carbocycles. The van der Waals surface area contributed by atoms with Crippen LogP contribution in [-0.4, -0.2) is 42.5 Å². The summed E-state index contributed by atoms with van der Waals surface area (Å²) in [7, 11) is 3.28. The lowest BCUT2D eigenvalue weighted by Crippen LogP contribution is -2.45. The zero-order chi connectivity index (χ0) is 13.1. The lowest BCUT2D eigenvalue weighted by Gasteiger charge is -2.27. The number of carboxylic acids is 1. The molecule has 0 spiro atoms. The minimum atomic E-state index is -1.78. The van der Waals surface area contributed by atoms with Crippen LogP contribution in [-0.2, 0) is 4.79 Å². The van der Waals surface area contributed by atoms with E-state index in [9.17, 15) is 9.90 Å². The molecule has 1 unspecified atom stereocenters. The van der Waals surface area contributed by atoms with Gasteiger partial charge in [0.15, 0.2) is 5.60 Å². The predicted molar refractivity (Wildman–Crippen MR) is 64.5 cm³/mol. The maximum atomic E-state index is 10.8. The van der Waals surface area contributed by atoms with E-state index in [4.69, 9.17) is 9.84 Å². The van der Waals surface area contributed by atoms with Crippen LogP contribution in [0.5, 0.6) is 5.75 Å². The van der Waals surface area contributed by atoms with Gasteiger partial charge in [-0.15, -0.1) is 0 Å². The van der Waals surface area contributed by atoms with Gasteiger partial charge in [0.05, 0.1) is 13.7 Å². The summed E-state index contributed by atoms with van der Waals surface area (Å²) in [6, 6.07) is 7.20. The zero-order valence-electron chi connectivity index (χ0n) is 10.2. The highest BCUT2D eigenvalue weighted by atomic mass is 16.5.